The van der Waals surface area contributed by atoms with Crippen molar-refractivity contribution in [1.29, 1.82) is 0 Å². The van der Waals surface area contributed by atoms with E-state index in [0.29, 0.717) is 16.5 Å². The predicted octanol–water partition coefficient (Wildman–Crippen LogP) is 4.25. The largest absolute Gasteiger partial charge is 0.495 e. The molecule has 25 heavy (non-hydrogen) atoms. The van der Waals surface area contributed by atoms with Crippen LogP contribution in [0.2, 0.25) is 5.02 Å². The van der Waals surface area contributed by atoms with Crippen LogP contribution < -0.4 is 10.1 Å². The SMILES string of the molecule is COc1cccnc1CC(=O)NC(c1ccc(Cl)cc1)c1ccsc1. The fourth-order valence-electron chi connectivity index (χ4n) is 2.56. The van der Waals surface area contributed by atoms with Gasteiger partial charge in [-0.1, -0.05) is 23.7 Å². The maximum Gasteiger partial charge on any atom is 0.226 e. The number of pyridine rings is 1. The average Bonchev–Trinajstić information content (AvgIpc) is 3.15. The summed E-state index contributed by atoms with van der Waals surface area (Å²) < 4.78 is 5.27. The van der Waals surface area contributed by atoms with Crippen LogP contribution in [0, 0.1) is 0 Å². The maximum atomic E-state index is 12.6. The summed E-state index contributed by atoms with van der Waals surface area (Å²) in [5.74, 6) is 0.486. The minimum atomic E-state index is -0.231. The van der Waals surface area contributed by atoms with Crippen molar-refractivity contribution < 1.29 is 9.53 Å². The molecule has 0 saturated heterocycles. The monoisotopic (exact) mass is 372 g/mol. The third kappa shape index (κ3) is 4.38. The van der Waals surface area contributed by atoms with Crippen molar-refractivity contribution in [3.05, 3.63) is 81.3 Å². The molecule has 128 valence electrons. The van der Waals surface area contributed by atoms with Gasteiger partial charge in [0, 0.05) is 11.2 Å². The zero-order chi connectivity index (χ0) is 17.6. The first-order chi connectivity index (χ1) is 12.2. The van der Waals surface area contributed by atoms with Crippen LogP contribution in [-0.2, 0) is 11.2 Å². The molecule has 1 amide bonds. The molecule has 2 heterocycles. The Labute approximate surface area is 155 Å². The lowest BCUT2D eigenvalue weighted by atomic mass is 10.0. The molecule has 1 unspecified atom stereocenters. The van der Waals surface area contributed by atoms with Crippen LogP contribution in [0.1, 0.15) is 22.9 Å². The number of amides is 1. The van der Waals surface area contributed by atoms with Crippen molar-refractivity contribution in [2.45, 2.75) is 12.5 Å². The van der Waals surface area contributed by atoms with Gasteiger partial charge in [0.2, 0.25) is 5.91 Å². The number of nitrogens with one attached hydrogen (secondary N) is 1. The van der Waals surface area contributed by atoms with E-state index >= 15 is 0 Å². The standard InChI is InChI=1S/C19H17ClN2O2S/c1-24-17-3-2-9-21-16(17)11-18(23)22-19(14-8-10-25-12-14)13-4-6-15(20)7-5-13/h2-10,12,19H,11H2,1H3,(H,22,23). The van der Waals surface area contributed by atoms with Gasteiger partial charge in [-0.25, -0.2) is 0 Å². The topological polar surface area (TPSA) is 51.2 Å². The van der Waals surface area contributed by atoms with Crippen LogP contribution in [0.5, 0.6) is 5.75 Å². The minimum Gasteiger partial charge on any atom is -0.495 e. The van der Waals surface area contributed by atoms with E-state index in [1.807, 2.05) is 41.1 Å². The first kappa shape index (κ1) is 17.5. The Balaban J connectivity index is 1.80. The second kappa shape index (κ2) is 8.14. The van der Waals surface area contributed by atoms with Crippen LogP contribution in [0.25, 0.3) is 0 Å². The zero-order valence-corrected chi connectivity index (χ0v) is 15.2. The van der Waals surface area contributed by atoms with E-state index in [0.717, 1.165) is 11.1 Å². The molecule has 0 bridgehead atoms. The molecule has 1 atom stereocenters. The first-order valence-electron chi connectivity index (χ1n) is 7.72. The third-order valence-electron chi connectivity index (χ3n) is 3.78. The molecular weight excluding hydrogens is 356 g/mol. The molecule has 0 aliphatic carbocycles. The number of ether oxygens (including phenoxy) is 1. The third-order valence-corrected chi connectivity index (χ3v) is 4.74. The molecule has 6 heteroatoms. The number of benzene rings is 1. The van der Waals surface area contributed by atoms with Crippen molar-refractivity contribution in [2.24, 2.45) is 0 Å². The fraction of sp³-hybridized carbons (Fsp3) is 0.158. The van der Waals surface area contributed by atoms with E-state index in [1.165, 1.54) is 0 Å². The zero-order valence-electron chi connectivity index (χ0n) is 13.6. The van der Waals surface area contributed by atoms with Gasteiger partial charge in [0.25, 0.3) is 0 Å². The highest BCUT2D eigenvalue weighted by atomic mass is 35.5. The number of carbonyl (C=O) groups is 1. The van der Waals surface area contributed by atoms with E-state index in [2.05, 4.69) is 10.3 Å². The molecule has 4 nitrogen and oxygen atoms in total. The van der Waals surface area contributed by atoms with Gasteiger partial charge in [0.05, 0.1) is 25.3 Å². The summed E-state index contributed by atoms with van der Waals surface area (Å²) in [5.41, 5.74) is 2.63. The van der Waals surface area contributed by atoms with Crippen LogP contribution in [0.4, 0.5) is 0 Å². The predicted molar refractivity (Wildman–Crippen MR) is 100 cm³/mol. The number of rotatable bonds is 6. The van der Waals surface area contributed by atoms with Crippen LogP contribution in [-0.4, -0.2) is 18.0 Å². The Morgan fingerprint density at radius 2 is 2.04 bits per heavy atom. The van der Waals surface area contributed by atoms with Gasteiger partial charge in [-0.15, -0.1) is 0 Å². The van der Waals surface area contributed by atoms with E-state index in [9.17, 15) is 4.79 Å². The van der Waals surface area contributed by atoms with Gasteiger partial charge in [-0.05, 0) is 52.2 Å². The van der Waals surface area contributed by atoms with E-state index < -0.39 is 0 Å². The van der Waals surface area contributed by atoms with Gasteiger partial charge >= 0.3 is 0 Å². The number of aromatic nitrogens is 1. The molecule has 3 rings (SSSR count). The van der Waals surface area contributed by atoms with Gasteiger partial charge in [-0.3, -0.25) is 9.78 Å². The number of halogens is 1. The van der Waals surface area contributed by atoms with Crippen LogP contribution >= 0.6 is 22.9 Å². The Bertz CT molecular complexity index is 835. The van der Waals surface area contributed by atoms with Gasteiger partial charge in [-0.2, -0.15) is 11.3 Å². The summed E-state index contributed by atoms with van der Waals surface area (Å²) >= 11 is 7.57. The van der Waals surface area contributed by atoms with E-state index in [-0.39, 0.29) is 18.4 Å². The molecule has 0 aliphatic heterocycles. The summed E-state index contributed by atoms with van der Waals surface area (Å²) in [6.45, 7) is 0. The Kier molecular flexibility index (Phi) is 5.68. The Hall–Kier alpha value is -2.37. The van der Waals surface area contributed by atoms with Crippen molar-refractivity contribution in [3.8, 4) is 5.75 Å². The fourth-order valence-corrected chi connectivity index (χ4v) is 3.37. The first-order valence-corrected chi connectivity index (χ1v) is 9.04. The van der Waals surface area contributed by atoms with Crippen molar-refractivity contribution in [2.75, 3.05) is 7.11 Å². The lowest BCUT2D eigenvalue weighted by molar-refractivity contribution is -0.121. The molecule has 0 radical (unpaired) electrons. The summed E-state index contributed by atoms with van der Waals surface area (Å²) in [6, 6.07) is 12.8. The molecule has 0 saturated carbocycles. The molecule has 1 aromatic carbocycles. The number of hydrogen-bond acceptors (Lipinski definition) is 4. The molecule has 2 aromatic heterocycles. The van der Waals surface area contributed by atoms with Crippen molar-refractivity contribution in [3.63, 3.8) is 0 Å². The van der Waals surface area contributed by atoms with Crippen molar-refractivity contribution >= 4 is 28.8 Å². The lowest BCUT2D eigenvalue weighted by Gasteiger charge is -2.19. The molecular formula is C19H17ClN2O2S. The molecule has 0 spiro atoms. The summed E-state index contributed by atoms with van der Waals surface area (Å²) in [6.07, 6.45) is 1.80. The van der Waals surface area contributed by atoms with Gasteiger partial charge < -0.3 is 10.1 Å². The van der Waals surface area contributed by atoms with Gasteiger partial charge in [0.1, 0.15) is 5.75 Å². The highest BCUT2D eigenvalue weighted by Gasteiger charge is 2.19. The van der Waals surface area contributed by atoms with Crippen LogP contribution in [0.3, 0.4) is 0 Å². The van der Waals surface area contributed by atoms with E-state index in [1.54, 1.807) is 36.8 Å². The minimum absolute atomic E-state index is 0.122. The number of thiophene rings is 1. The number of carbonyl (C=O) groups excluding carboxylic acids is 1. The summed E-state index contributed by atoms with van der Waals surface area (Å²) in [7, 11) is 1.57. The highest BCUT2D eigenvalue weighted by Crippen LogP contribution is 2.26. The quantitative estimate of drug-likeness (QED) is 0.703. The van der Waals surface area contributed by atoms with Crippen molar-refractivity contribution in [1.82, 2.24) is 10.3 Å². The van der Waals surface area contributed by atoms with Gasteiger partial charge in [0.15, 0.2) is 0 Å². The molecule has 0 aliphatic rings. The van der Waals surface area contributed by atoms with Crippen LogP contribution in [0.15, 0.2) is 59.4 Å². The number of methoxy groups -OCH3 is 1. The lowest BCUT2D eigenvalue weighted by Crippen LogP contribution is -2.30. The normalized spacial score (nSPS) is 11.8. The molecule has 1 N–H and O–H groups in total. The molecule has 0 fully saturated rings. The number of hydrogen-bond donors (Lipinski definition) is 1. The molecule has 3 aromatic rings. The second-order valence-corrected chi connectivity index (χ2v) is 6.65. The number of nitrogens with zero attached hydrogens (tertiary/aromatic N) is 1. The van der Waals surface area contributed by atoms with E-state index in [4.69, 9.17) is 16.3 Å². The Morgan fingerprint density at radius 3 is 2.72 bits per heavy atom. The highest BCUT2D eigenvalue weighted by molar-refractivity contribution is 7.08. The summed E-state index contributed by atoms with van der Waals surface area (Å²) in [4.78, 5) is 16.8. The maximum absolute atomic E-state index is 12.6. The second-order valence-electron chi connectivity index (χ2n) is 5.44. The Morgan fingerprint density at radius 1 is 1.24 bits per heavy atom. The average molecular weight is 373 g/mol. The summed E-state index contributed by atoms with van der Waals surface area (Å²) in [5, 5.41) is 7.77. The smallest absolute Gasteiger partial charge is 0.226 e.